The lowest BCUT2D eigenvalue weighted by Crippen LogP contribution is -2.31. The minimum absolute atomic E-state index is 0.192. The zero-order chi connectivity index (χ0) is 19.5. The number of thiocarbonyl (C=S) groups is 1. The van der Waals surface area contributed by atoms with Crippen molar-refractivity contribution in [2.75, 3.05) is 16.4 Å². The van der Waals surface area contributed by atoms with Crippen LogP contribution in [0.4, 0.5) is 17.1 Å². The van der Waals surface area contributed by atoms with Crippen molar-refractivity contribution >= 4 is 52.2 Å². The Kier molecular flexibility index (Phi) is 5.18. The molecule has 0 fully saturated rings. The van der Waals surface area contributed by atoms with E-state index in [0.717, 1.165) is 16.1 Å². The summed E-state index contributed by atoms with van der Waals surface area (Å²) in [5.41, 5.74) is 9.69. The minimum atomic E-state index is -0.192. The summed E-state index contributed by atoms with van der Waals surface area (Å²) >= 11 is 7.08. The van der Waals surface area contributed by atoms with Gasteiger partial charge in [-0.1, -0.05) is 36.4 Å². The number of anilines is 3. The maximum Gasteiger partial charge on any atom is 0.255 e. The van der Waals surface area contributed by atoms with E-state index in [-0.39, 0.29) is 5.91 Å². The van der Waals surface area contributed by atoms with Crippen LogP contribution in [0.15, 0.2) is 77.7 Å². The Morgan fingerprint density at radius 3 is 2.54 bits per heavy atom. The van der Waals surface area contributed by atoms with E-state index in [1.807, 2.05) is 58.9 Å². The van der Waals surface area contributed by atoms with Crippen molar-refractivity contribution in [1.29, 1.82) is 0 Å². The highest BCUT2D eigenvalue weighted by molar-refractivity contribution is 7.99. The SMILES string of the molecule is Nc1ccccc1NC(=O)c1ccc(CN2Sc3ccccc3NC2=S)cc1. The molecule has 0 bridgehead atoms. The van der Waals surface area contributed by atoms with Crippen LogP contribution in [-0.2, 0) is 6.54 Å². The summed E-state index contributed by atoms with van der Waals surface area (Å²) in [6, 6.07) is 22.8. The van der Waals surface area contributed by atoms with Gasteiger partial charge in [0, 0.05) is 5.56 Å². The van der Waals surface area contributed by atoms with Crippen molar-refractivity contribution < 1.29 is 4.79 Å². The fraction of sp³-hybridized carbons (Fsp3) is 0.0476. The molecule has 4 rings (SSSR count). The number of benzene rings is 3. The topological polar surface area (TPSA) is 70.4 Å². The van der Waals surface area contributed by atoms with Crippen LogP contribution in [0.5, 0.6) is 0 Å². The first kappa shape index (κ1) is 18.3. The van der Waals surface area contributed by atoms with E-state index in [0.29, 0.717) is 28.6 Å². The molecule has 28 heavy (non-hydrogen) atoms. The lowest BCUT2D eigenvalue weighted by molar-refractivity contribution is 0.102. The van der Waals surface area contributed by atoms with Crippen LogP contribution in [0.2, 0.25) is 0 Å². The third-order valence-corrected chi connectivity index (χ3v) is 5.84. The smallest absolute Gasteiger partial charge is 0.255 e. The van der Waals surface area contributed by atoms with Crippen molar-refractivity contribution in [3.63, 3.8) is 0 Å². The second kappa shape index (κ2) is 7.92. The number of nitrogens with two attached hydrogens (primary N) is 1. The largest absolute Gasteiger partial charge is 0.397 e. The third-order valence-electron chi connectivity index (χ3n) is 4.32. The van der Waals surface area contributed by atoms with Gasteiger partial charge >= 0.3 is 0 Å². The number of hydrogen-bond donors (Lipinski definition) is 3. The van der Waals surface area contributed by atoms with Crippen molar-refractivity contribution in [3.8, 4) is 0 Å². The molecule has 0 saturated heterocycles. The number of para-hydroxylation sites is 3. The molecule has 4 N–H and O–H groups in total. The monoisotopic (exact) mass is 406 g/mol. The highest BCUT2D eigenvalue weighted by Crippen LogP contribution is 2.35. The Morgan fingerprint density at radius 2 is 1.75 bits per heavy atom. The molecule has 0 saturated carbocycles. The predicted octanol–water partition coefficient (Wildman–Crippen LogP) is 4.74. The molecule has 0 atom stereocenters. The normalized spacial score (nSPS) is 12.9. The average Bonchev–Trinajstić information content (AvgIpc) is 2.71. The standard InChI is InChI=1S/C21H18N4OS2/c22-16-5-1-2-6-17(16)23-20(26)15-11-9-14(10-12-15)13-25-21(27)24-18-7-3-4-8-19(18)28-25/h1-12H,13,22H2,(H,23,26)(H,24,27). The minimum Gasteiger partial charge on any atom is -0.397 e. The number of nitrogens with one attached hydrogen (secondary N) is 2. The van der Waals surface area contributed by atoms with Crippen LogP contribution < -0.4 is 16.4 Å². The summed E-state index contributed by atoms with van der Waals surface area (Å²) in [5, 5.41) is 6.76. The zero-order valence-electron chi connectivity index (χ0n) is 14.9. The molecule has 0 spiro atoms. The first-order valence-electron chi connectivity index (χ1n) is 8.70. The number of carbonyl (C=O) groups is 1. The maximum atomic E-state index is 12.4. The lowest BCUT2D eigenvalue weighted by atomic mass is 10.1. The molecule has 0 unspecified atom stereocenters. The number of nitrogens with zero attached hydrogens (tertiary/aromatic N) is 1. The van der Waals surface area contributed by atoms with Crippen molar-refractivity contribution in [3.05, 3.63) is 83.9 Å². The van der Waals surface area contributed by atoms with Gasteiger partial charge in [0.25, 0.3) is 5.91 Å². The quantitative estimate of drug-likeness (QED) is 0.330. The number of nitrogen functional groups attached to an aromatic ring is 1. The maximum absolute atomic E-state index is 12.4. The van der Waals surface area contributed by atoms with Gasteiger partial charge in [-0.3, -0.25) is 9.10 Å². The molecule has 0 aromatic heterocycles. The van der Waals surface area contributed by atoms with Gasteiger partial charge in [-0.25, -0.2) is 0 Å². The molecule has 0 radical (unpaired) electrons. The summed E-state index contributed by atoms with van der Waals surface area (Å²) in [4.78, 5) is 13.6. The summed E-state index contributed by atoms with van der Waals surface area (Å²) in [6.07, 6.45) is 0. The van der Waals surface area contributed by atoms with Crippen LogP contribution in [0.3, 0.4) is 0 Å². The Morgan fingerprint density at radius 1 is 1.04 bits per heavy atom. The van der Waals surface area contributed by atoms with Crippen LogP contribution in [0.25, 0.3) is 0 Å². The number of fused-ring (bicyclic) bond motifs is 1. The Labute approximate surface area is 173 Å². The summed E-state index contributed by atoms with van der Waals surface area (Å²) in [6.45, 7) is 0.637. The molecule has 1 heterocycles. The average molecular weight is 407 g/mol. The van der Waals surface area contributed by atoms with E-state index in [9.17, 15) is 4.79 Å². The molecule has 0 aliphatic carbocycles. The highest BCUT2D eigenvalue weighted by Gasteiger charge is 2.20. The van der Waals surface area contributed by atoms with Gasteiger partial charge in [0.05, 0.1) is 28.5 Å². The molecule has 1 aliphatic heterocycles. The van der Waals surface area contributed by atoms with E-state index in [1.165, 1.54) is 0 Å². The number of carbonyl (C=O) groups excluding carboxylic acids is 1. The van der Waals surface area contributed by atoms with Crippen LogP contribution in [0, 0.1) is 0 Å². The highest BCUT2D eigenvalue weighted by atomic mass is 32.2. The molecule has 3 aromatic carbocycles. The zero-order valence-corrected chi connectivity index (χ0v) is 16.5. The molecular weight excluding hydrogens is 388 g/mol. The number of rotatable bonds is 4. The molecule has 7 heteroatoms. The number of amides is 1. The fourth-order valence-electron chi connectivity index (χ4n) is 2.82. The van der Waals surface area contributed by atoms with Gasteiger partial charge in [0.2, 0.25) is 0 Å². The second-order valence-electron chi connectivity index (χ2n) is 6.29. The molecule has 1 aliphatic rings. The summed E-state index contributed by atoms with van der Waals surface area (Å²) in [5.74, 6) is -0.192. The fourth-order valence-corrected chi connectivity index (χ4v) is 4.05. The second-order valence-corrected chi connectivity index (χ2v) is 7.74. The van der Waals surface area contributed by atoms with Crippen molar-refractivity contribution in [1.82, 2.24) is 4.31 Å². The number of hydrogen-bond acceptors (Lipinski definition) is 4. The predicted molar refractivity (Wildman–Crippen MR) is 119 cm³/mol. The molecule has 140 valence electrons. The summed E-state index contributed by atoms with van der Waals surface area (Å²) in [7, 11) is 0. The van der Waals surface area contributed by atoms with E-state index in [4.69, 9.17) is 18.0 Å². The van der Waals surface area contributed by atoms with E-state index >= 15 is 0 Å². The molecule has 5 nitrogen and oxygen atoms in total. The van der Waals surface area contributed by atoms with Crippen LogP contribution in [-0.4, -0.2) is 15.3 Å². The van der Waals surface area contributed by atoms with E-state index < -0.39 is 0 Å². The van der Waals surface area contributed by atoms with Crippen LogP contribution in [0.1, 0.15) is 15.9 Å². The van der Waals surface area contributed by atoms with Gasteiger partial charge in [-0.05, 0) is 66.1 Å². The van der Waals surface area contributed by atoms with Gasteiger partial charge < -0.3 is 16.4 Å². The first-order valence-corrected chi connectivity index (χ1v) is 9.88. The Hall–Kier alpha value is -3.03. The summed E-state index contributed by atoms with van der Waals surface area (Å²) < 4.78 is 2.03. The molecule has 1 amide bonds. The van der Waals surface area contributed by atoms with Crippen molar-refractivity contribution in [2.24, 2.45) is 0 Å². The van der Waals surface area contributed by atoms with Gasteiger partial charge in [-0.15, -0.1) is 0 Å². The first-order chi connectivity index (χ1) is 13.6. The van der Waals surface area contributed by atoms with E-state index in [2.05, 4.69) is 16.7 Å². The van der Waals surface area contributed by atoms with Gasteiger partial charge in [-0.2, -0.15) is 0 Å². The lowest BCUT2D eigenvalue weighted by Gasteiger charge is -2.30. The van der Waals surface area contributed by atoms with Gasteiger partial charge in [0.15, 0.2) is 5.11 Å². The molecule has 3 aromatic rings. The third kappa shape index (κ3) is 3.95. The van der Waals surface area contributed by atoms with E-state index in [1.54, 1.807) is 24.1 Å². The molecular formula is C21H18N4OS2. The Bertz CT molecular complexity index is 1040. The van der Waals surface area contributed by atoms with Gasteiger partial charge in [0.1, 0.15) is 0 Å². The van der Waals surface area contributed by atoms with Crippen molar-refractivity contribution in [2.45, 2.75) is 11.4 Å². The van der Waals surface area contributed by atoms with Crippen LogP contribution >= 0.6 is 24.2 Å². The Balaban J connectivity index is 1.43.